The van der Waals surface area contributed by atoms with Crippen LogP contribution in [-0.4, -0.2) is 30.1 Å². The normalized spacial score (nSPS) is 14.0. The molecule has 1 heterocycles. The zero-order valence-electron chi connectivity index (χ0n) is 12.9. The largest absolute Gasteiger partial charge is 0.496 e. The van der Waals surface area contributed by atoms with Gasteiger partial charge in [-0.05, 0) is 32.2 Å². The predicted octanol–water partition coefficient (Wildman–Crippen LogP) is 2.61. The molecule has 112 valence electrons. The molecule has 0 radical (unpaired) electrons. The summed E-state index contributed by atoms with van der Waals surface area (Å²) in [4.78, 5) is 6.60. The quantitative estimate of drug-likeness (QED) is 0.886. The van der Waals surface area contributed by atoms with Gasteiger partial charge in [-0.25, -0.2) is 0 Å². The van der Waals surface area contributed by atoms with E-state index in [1.807, 2.05) is 49.5 Å². The number of likely N-dealkylation sites (N-methyl/N-ethyl adjacent to an activating group) is 1. The number of nitrogens with two attached hydrogens (primary N) is 1. The van der Waals surface area contributed by atoms with Gasteiger partial charge in [0, 0.05) is 24.3 Å². The highest BCUT2D eigenvalue weighted by atomic mass is 16.5. The molecule has 0 spiro atoms. The second-order valence-corrected chi connectivity index (χ2v) is 5.28. The molecule has 0 saturated carbocycles. The van der Waals surface area contributed by atoms with E-state index in [-0.39, 0.29) is 12.1 Å². The summed E-state index contributed by atoms with van der Waals surface area (Å²) < 4.78 is 5.48. The summed E-state index contributed by atoms with van der Waals surface area (Å²) >= 11 is 0. The van der Waals surface area contributed by atoms with Crippen molar-refractivity contribution in [1.82, 2.24) is 9.88 Å². The lowest BCUT2D eigenvalue weighted by atomic mass is 9.98. The maximum atomic E-state index is 6.23. The Morgan fingerprint density at radius 1 is 1.19 bits per heavy atom. The minimum atomic E-state index is -0.0185. The Kier molecular flexibility index (Phi) is 5.31. The summed E-state index contributed by atoms with van der Waals surface area (Å²) in [6, 6.07) is 14.0. The summed E-state index contributed by atoms with van der Waals surface area (Å²) in [5.74, 6) is 0.868. The van der Waals surface area contributed by atoms with Gasteiger partial charge in [0.15, 0.2) is 0 Å². The van der Waals surface area contributed by atoms with Crippen LogP contribution in [0.15, 0.2) is 48.7 Å². The van der Waals surface area contributed by atoms with Crippen LogP contribution in [0.25, 0.3) is 0 Å². The lowest BCUT2D eigenvalue weighted by Crippen LogP contribution is -2.37. The Morgan fingerprint density at radius 2 is 1.90 bits per heavy atom. The van der Waals surface area contributed by atoms with Crippen molar-refractivity contribution in [1.29, 1.82) is 0 Å². The molecule has 2 aromatic rings. The van der Waals surface area contributed by atoms with Crippen LogP contribution in [0.4, 0.5) is 0 Å². The molecule has 4 nitrogen and oxygen atoms in total. The third kappa shape index (κ3) is 3.80. The average Bonchev–Trinajstić information content (AvgIpc) is 2.48. The minimum absolute atomic E-state index is 0.0185. The standard InChI is InChI=1S/C17H23N3O/c1-13(18)17(15-9-4-5-10-16(15)21-3)20(2)12-14-8-6-7-11-19-14/h4-11,13,17H,12,18H2,1-3H3. The van der Waals surface area contributed by atoms with Gasteiger partial charge >= 0.3 is 0 Å². The van der Waals surface area contributed by atoms with Crippen LogP contribution >= 0.6 is 0 Å². The number of hydrogen-bond donors (Lipinski definition) is 1. The average molecular weight is 285 g/mol. The lowest BCUT2D eigenvalue weighted by Gasteiger charge is -2.32. The molecule has 4 heteroatoms. The van der Waals surface area contributed by atoms with Gasteiger partial charge in [-0.1, -0.05) is 24.3 Å². The number of para-hydroxylation sites is 1. The Labute approximate surface area is 126 Å². The first-order valence-corrected chi connectivity index (χ1v) is 7.12. The van der Waals surface area contributed by atoms with Gasteiger partial charge < -0.3 is 10.5 Å². The molecule has 0 aliphatic heterocycles. The Balaban J connectivity index is 2.26. The summed E-state index contributed by atoms with van der Waals surface area (Å²) in [6.45, 7) is 2.76. The van der Waals surface area contributed by atoms with E-state index in [0.717, 1.165) is 23.6 Å². The SMILES string of the molecule is COc1ccccc1C(C(C)N)N(C)Cc1ccccn1. The van der Waals surface area contributed by atoms with E-state index in [4.69, 9.17) is 10.5 Å². The maximum Gasteiger partial charge on any atom is 0.123 e. The molecule has 2 unspecified atom stereocenters. The molecule has 0 aliphatic rings. The second kappa shape index (κ2) is 7.20. The van der Waals surface area contributed by atoms with E-state index in [1.165, 1.54) is 0 Å². The fourth-order valence-corrected chi connectivity index (χ4v) is 2.68. The first-order chi connectivity index (χ1) is 10.1. The highest BCUT2D eigenvalue weighted by molar-refractivity contribution is 5.36. The van der Waals surface area contributed by atoms with Gasteiger partial charge in [-0.3, -0.25) is 9.88 Å². The summed E-state index contributed by atoms with van der Waals surface area (Å²) in [5, 5.41) is 0. The van der Waals surface area contributed by atoms with Crippen molar-refractivity contribution in [2.75, 3.05) is 14.2 Å². The van der Waals surface area contributed by atoms with Crippen molar-refractivity contribution in [3.8, 4) is 5.75 Å². The molecular formula is C17H23N3O. The smallest absolute Gasteiger partial charge is 0.123 e. The third-order valence-electron chi connectivity index (χ3n) is 3.57. The van der Waals surface area contributed by atoms with Gasteiger partial charge in [0.25, 0.3) is 0 Å². The topological polar surface area (TPSA) is 51.4 Å². The first kappa shape index (κ1) is 15.5. The molecule has 0 bridgehead atoms. The van der Waals surface area contributed by atoms with Crippen molar-refractivity contribution in [2.45, 2.75) is 25.6 Å². The number of rotatable bonds is 6. The lowest BCUT2D eigenvalue weighted by molar-refractivity contribution is 0.204. The number of ether oxygens (including phenoxy) is 1. The molecule has 1 aromatic heterocycles. The third-order valence-corrected chi connectivity index (χ3v) is 3.57. The van der Waals surface area contributed by atoms with E-state index in [1.54, 1.807) is 7.11 Å². The summed E-state index contributed by atoms with van der Waals surface area (Å²) in [5.41, 5.74) is 8.36. The number of nitrogens with zero attached hydrogens (tertiary/aromatic N) is 2. The molecule has 0 saturated heterocycles. The number of hydrogen-bond acceptors (Lipinski definition) is 4. The van der Waals surface area contributed by atoms with Gasteiger partial charge in [-0.15, -0.1) is 0 Å². The molecule has 0 fully saturated rings. The summed E-state index contributed by atoms with van der Waals surface area (Å²) in [6.07, 6.45) is 1.81. The van der Waals surface area contributed by atoms with Crippen LogP contribution in [0, 0.1) is 0 Å². The highest BCUT2D eigenvalue weighted by Crippen LogP contribution is 2.31. The molecule has 0 aliphatic carbocycles. The van der Waals surface area contributed by atoms with Gasteiger partial charge in [0.05, 0.1) is 18.8 Å². The summed E-state index contributed by atoms with van der Waals surface area (Å²) in [7, 11) is 3.75. The van der Waals surface area contributed by atoms with Crippen LogP contribution in [0.3, 0.4) is 0 Å². The van der Waals surface area contributed by atoms with E-state index in [9.17, 15) is 0 Å². The molecule has 1 aromatic carbocycles. The Morgan fingerprint density at radius 3 is 2.52 bits per heavy atom. The minimum Gasteiger partial charge on any atom is -0.496 e. The second-order valence-electron chi connectivity index (χ2n) is 5.28. The Bertz CT molecular complexity index is 557. The van der Waals surface area contributed by atoms with Crippen LogP contribution in [0.5, 0.6) is 5.75 Å². The number of benzene rings is 1. The molecular weight excluding hydrogens is 262 g/mol. The van der Waals surface area contributed by atoms with Gasteiger partial charge in [-0.2, -0.15) is 0 Å². The van der Waals surface area contributed by atoms with Crippen molar-refractivity contribution < 1.29 is 4.74 Å². The zero-order chi connectivity index (χ0) is 15.2. The van der Waals surface area contributed by atoms with E-state index in [0.29, 0.717) is 0 Å². The number of pyridine rings is 1. The monoisotopic (exact) mass is 285 g/mol. The maximum absolute atomic E-state index is 6.23. The highest BCUT2D eigenvalue weighted by Gasteiger charge is 2.24. The molecule has 0 amide bonds. The van der Waals surface area contributed by atoms with Crippen LogP contribution < -0.4 is 10.5 Å². The van der Waals surface area contributed by atoms with E-state index in [2.05, 4.69) is 23.0 Å². The number of aromatic nitrogens is 1. The fourth-order valence-electron chi connectivity index (χ4n) is 2.68. The van der Waals surface area contributed by atoms with Crippen molar-refractivity contribution in [3.05, 3.63) is 59.9 Å². The van der Waals surface area contributed by atoms with Crippen LogP contribution in [0.1, 0.15) is 24.2 Å². The van der Waals surface area contributed by atoms with Crippen molar-refractivity contribution in [2.24, 2.45) is 5.73 Å². The first-order valence-electron chi connectivity index (χ1n) is 7.12. The molecule has 2 atom stereocenters. The fraction of sp³-hybridized carbons (Fsp3) is 0.353. The Hall–Kier alpha value is -1.91. The zero-order valence-corrected chi connectivity index (χ0v) is 12.9. The van der Waals surface area contributed by atoms with Gasteiger partial charge in [0.1, 0.15) is 5.75 Å². The van der Waals surface area contributed by atoms with Crippen molar-refractivity contribution >= 4 is 0 Å². The van der Waals surface area contributed by atoms with E-state index >= 15 is 0 Å². The molecule has 2 rings (SSSR count). The van der Waals surface area contributed by atoms with Crippen LogP contribution in [-0.2, 0) is 6.54 Å². The van der Waals surface area contributed by atoms with Crippen LogP contribution in [0.2, 0.25) is 0 Å². The number of methoxy groups -OCH3 is 1. The van der Waals surface area contributed by atoms with Gasteiger partial charge in [0.2, 0.25) is 0 Å². The predicted molar refractivity (Wildman–Crippen MR) is 85.1 cm³/mol. The molecule has 21 heavy (non-hydrogen) atoms. The molecule has 2 N–H and O–H groups in total. The van der Waals surface area contributed by atoms with Crippen molar-refractivity contribution in [3.63, 3.8) is 0 Å². The van der Waals surface area contributed by atoms with E-state index < -0.39 is 0 Å².